The van der Waals surface area contributed by atoms with E-state index in [4.69, 9.17) is 0 Å². The number of nitrogens with one attached hydrogen (secondary N) is 1. The molecule has 1 aliphatic heterocycles. The molecule has 1 amide bonds. The van der Waals surface area contributed by atoms with Crippen LogP contribution in [0.1, 0.15) is 26.7 Å². The summed E-state index contributed by atoms with van der Waals surface area (Å²) in [6.45, 7) is 6.34. The minimum absolute atomic E-state index is 0.0704. The number of anilines is 1. The van der Waals surface area contributed by atoms with Crippen molar-refractivity contribution in [3.05, 3.63) is 42.5 Å². The number of amides is 1. The summed E-state index contributed by atoms with van der Waals surface area (Å²) < 4.78 is 0. The molecule has 0 saturated carbocycles. The Balaban J connectivity index is 1.67. The zero-order chi connectivity index (χ0) is 15.5. The molecule has 22 heavy (non-hydrogen) atoms. The molecule has 0 spiro atoms. The molecule has 2 aromatic carbocycles. The lowest BCUT2D eigenvalue weighted by Crippen LogP contribution is -2.45. The molecule has 0 aromatic heterocycles. The number of benzene rings is 2. The molecule has 3 nitrogen and oxygen atoms in total. The van der Waals surface area contributed by atoms with Crippen molar-refractivity contribution in [1.29, 1.82) is 0 Å². The van der Waals surface area contributed by atoms with Crippen LogP contribution in [-0.4, -0.2) is 29.9 Å². The monoisotopic (exact) mass is 296 g/mol. The quantitative estimate of drug-likeness (QED) is 0.931. The second-order valence-corrected chi connectivity index (χ2v) is 6.45. The number of hydrogen-bond acceptors (Lipinski definition) is 2. The van der Waals surface area contributed by atoms with Crippen LogP contribution in [0.15, 0.2) is 42.5 Å². The van der Waals surface area contributed by atoms with Gasteiger partial charge in [-0.25, -0.2) is 0 Å². The Morgan fingerprint density at radius 3 is 2.55 bits per heavy atom. The van der Waals surface area contributed by atoms with E-state index in [2.05, 4.69) is 35.3 Å². The number of piperidine rings is 1. The fraction of sp³-hybridized carbons (Fsp3) is 0.421. The van der Waals surface area contributed by atoms with Gasteiger partial charge >= 0.3 is 0 Å². The molecule has 1 fully saturated rings. The summed E-state index contributed by atoms with van der Waals surface area (Å²) in [7, 11) is 0. The minimum Gasteiger partial charge on any atom is -0.325 e. The second-order valence-electron chi connectivity index (χ2n) is 6.45. The van der Waals surface area contributed by atoms with E-state index >= 15 is 0 Å². The highest BCUT2D eigenvalue weighted by molar-refractivity contribution is 5.97. The summed E-state index contributed by atoms with van der Waals surface area (Å²) in [5.74, 6) is 0.872. The maximum atomic E-state index is 12.5. The SMILES string of the molecule is CC1CCN([C@@H](C)C(=O)Nc2ccc3ccccc3c2)CC1. The Bertz CT molecular complexity index is 659. The lowest BCUT2D eigenvalue weighted by Gasteiger charge is -2.34. The average Bonchev–Trinajstić information content (AvgIpc) is 2.55. The maximum absolute atomic E-state index is 12.5. The van der Waals surface area contributed by atoms with E-state index in [0.29, 0.717) is 0 Å². The molecule has 1 aliphatic rings. The van der Waals surface area contributed by atoms with Crippen LogP contribution in [0.5, 0.6) is 0 Å². The highest BCUT2D eigenvalue weighted by Crippen LogP contribution is 2.21. The van der Waals surface area contributed by atoms with Gasteiger partial charge in [0.15, 0.2) is 0 Å². The number of hydrogen-bond donors (Lipinski definition) is 1. The summed E-state index contributed by atoms with van der Waals surface area (Å²) in [5.41, 5.74) is 0.876. The lowest BCUT2D eigenvalue weighted by atomic mass is 9.98. The molecule has 0 radical (unpaired) electrons. The van der Waals surface area contributed by atoms with Crippen molar-refractivity contribution in [3.8, 4) is 0 Å². The third-order valence-electron chi connectivity index (χ3n) is 4.76. The minimum atomic E-state index is -0.0704. The molecule has 116 valence electrons. The van der Waals surface area contributed by atoms with Crippen LogP contribution in [0.3, 0.4) is 0 Å². The third kappa shape index (κ3) is 3.30. The van der Waals surface area contributed by atoms with Crippen molar-refractivity contribution in [2.45, 2.75) is 32.7 Å². The van der Waals surface area contributed by atoms with Crippen LogP contribution >= 0.6 is 0 Å². The summed E-state index contributed by atoms with van der Waals surface area (Å²) >= 11 is 0. The van der Waals surface area contributed by atoms with Gasteiger partial charge in [0.2, 0.25) is 5.91 Å². The average molecular weight is 296 g/mol. The Labute approximate surface area is 132 Å². The largest absolute Gasteiger partial charge is 0.325 e. The van der Waals surface area contributed by atoms with Gasteiger partial charge in [-0.3, -0.25) is 9.69 Å². The molecular weight excluding hydrogens is 272 g/mol. The van der Waals surface area contributed by atoms with Crippen molar-refractivity contribution in [2.75, 3.05) is 18.4 Å². The molecule has 1 saturated heterocycles. The van der Waals surface area contributed by atoms with Gasteiger partial charge in [-0.1, -0.05) is 37.3 Å². The van der Waals surface area contributed by atoms with Gasteiger partial charge in [0, 0.05) is 5.69 Å². The number of rotatable bonds is 3. The Morgan fingerprint density at radius 1 is 1.14 bits per heavy atom. The predicted octanol–water partition coefficient (Wildman–Crippen LogP) is 3.90. The zero-order valence-electron chi connectivity index (χ0n) is 13.4. The molecule has 1 atom stereocenters. The fourth-order valence-electron chi connectivity index (χ4n) is 3.10. The number of carbonyl (C=O) groups excluding carboxylic acids is 1. The van der Waals surface area contributed by atoms with E-state index in [9.17, 15) is 4.79 Å². The normalized spacial score (nSPS) is 18.3. The first-order chi connectivity index (χ1) is 10.6. The maximum Gasteiger partial charge on any atom is 0.241 e. The lowest BCUT2D eigenvalue weighted by molar-refractivity contribution is -0.121. The predicted molar refractivity (Wildman–Crippen MR) is 92.0 cm³/mol. The number of nitrogens with zero attached hydrogens (tertiary/aromatic N) is 1. The molecule has 2 aromatic rings. The molecule has 3 rings (SSSR count). The van der Waals surface area contributed by atoms with Crippen molar-refractivity contribution in [1.82, 2.24) is 4.90 Å². The van der Waals surface area contributed by atoms with Crippen LogP contribution in [0.25, 0.3) is 10.8 Å². The van der Waals surface area contributed by atoms with Crippen LogP contribution in [0.2, 0.25) is 0 Å². The van der Waals surface area contributed by atoms with Gasteiger partial charge in [0.25, 0.3) is 0 Å². The van der Waals surface area contributed by atoms with Crippen molar-refractivity contribution in [3.63, 3.8) is 0 Å². The summed E-state index contributed by atoms with van der Waals surface area (Å²) in [6.07, 6.45) is 2.38. The van der Waals surface area contributed by atoms with Crippen LogP contribution < -0.4 is 5.32 Å². The molecule has 0 aliphatic carbocycles. The van der Waals surface area contributed by atoms with Crippen LogP contribution in [0.4, 0.5) is 5.69 Å². The molecule has 3 heteroatoms. The Hall–Kier alpha value is -1.87. The van der Waals surface area contributed by atoms with Crippen molar-refractivity contribution < 1.29 is 4.79 Å². The number of carbonyl (C=O) groups is 1. The van der Waals surface area contributed by atoms with Crippen LogP contribution in [-0.2, 0) is 4.79 Å². The Kier molecular flexibility index (Phi) is 4.44. The van der Waals surface area contributed by atoms with E-state index in [-0.39, 0.29) is 11.9 Å². The first-order valence-corrected chi connectivity index (χ1v) is 8.17. The van der Waals surface area contributed by atoms with Gasteiger partial charge in [0.05, 0.1) is 6.04 Å². The van der Waals surface area contributed by atoms with Gasteiger partial charge < -0.3 is 5.32 Å². The van der Waals surface area contributed by atoms with Crippen molar-refractivity contribution in [2.24, 2.45) is 5.92 Å². The number of fused-ring (bicyclic) bond motifs is 1. The van der Waals surface area contributed by atoms with Gasteiger partial charge in [-0.15, -0.1) is 0 Å². The molecule has 1 heterocycles. The van der Waals surface area contributed by atoms with Crippen molar-refractivity contribution >= 4 is 22.4 Å². The third-order valence-corrected chi connectivity index (χ3v) is 4.76. The molecule has 0 unspecified atom stereocenters. The summed E-state index contributed by atoms with van der Waals surface area (Å²) in [6, 6.07) is 14.2. The van der Waals surface area contributed by atoms with E-state index in [1.807, 2.05) is 31.2 Å². The molecule has 0 bridgehead atoms. The van der Waals surface area contributed by atoms with Gasteiger partial charge in [0.1, 0.15) is 0 Å². The number of likely N-dealkylation sites (tertiary alicyclic amines) is 1. The Morgan fingerprint density at radius 2 is 1.82 bits per heavy atom. The van der Waals surface area contributed by atoms with Gasteiger partial charge in [-0.05, 0) is 61.7 Å². The standard InChI is InChI=1S/C19H24N2O/c1-14-9-11-21(12-10-14)15(2)19(22)20-18-8-7-16-5-3-4-6-17(16)13-18/h3-8,13-15H,9-12H2,1-2H3,(H,20,22)/t15-/m0/s1. The smallest absolute Gasteiger partial charge is 0.241 e. The fourth-order valence-corrected chi connectivity index (χ4v) is 3.10. The van der Waals surface area contributed by atoms with E-state index in [1.165, 1.54) is 18.2 Å². The molecular formula is C19H24N2O. The van der Waals surface area contributed by atoms with E-state index in [0.717, 1.165) is 30.1 Å². The first-order valence-electron chi connectivity index (χ1n) is 8.17. The highest BCUT2D eigenvalue weighted by Gasteiger charge is 2.25. The molecule has 1 N–H and O–H groups in total. The summed E-state index contributed by atoms with van der Waals surface area (Å²) in [5, 5.41) is 5.41. The topological polar surface area (TPSA) is 32.3 Å². The summed E-state index contributed by atoms with van der Waals surface area (Å²) in [4.78, 5) is 14.8. The highest BCUT2D eigenvalue weighted by atomic mass is 16.2. The van der Waals surface area contributed by atoms with Gasteiger partial charge in [-0.2, -0.15) is 0 Å². The second kappa shape index (κ2) is 6.49. The first kappa shape index (κ1) is 15.0. The van der Waals surface area contributed by atoms with E-state index in [1.54, 1.807) is 0 Å². The van der Waals surface area contributed by atoms with E-state index < -0.39 is 0 Å². The van der Waals surface area contributed by atoms with Crippen LogP contribution in [0, 0.1) is 5.92 Å². The zero-order valence-corrected chi connectivity index (χ0v) is 13.4.